The van der Waals surface area contributed by atoms with Crippen molar-refractivity contribution in [2.75, 3.05) is 6.61 Å². The van der Waals surface area contributed by atoms with Gasteiger partial charge in [-0.15, -0.1) is 0 Å². The first kappa shape index (κ1) is 26.9. The number of carbonyl (C=O) groups is 3. The Morgan fingerprint density at radius 1 is 1.18 bits per heavy atom. The number of Topliss-reactive ketones (excluding diaryl/α,β-unsaturated/α-hetero) is 1. The third-order valence-electron chi connectivity index (χ3n) is 9.81. The third kappa shape index (κ3) is 4.00. The maximum absolute atomic E-state index is 13.4. The Kier molecular flexibility index (Phi) is 6.34. The fourth-order valence-electron chi connectivity index (χ4n) is 7.91. The van der Waals surface area contributed by atoms with Crippen LogP contribution in [0.15, 0.2) is 53.0 Å². The molecule has 10 heteroatoms. The lowest BCUT2D eigenvalue weighted by Gasteiger charge is -2.59. The number of aliphatic hydroxyl groups is 2. The van der Waals surface area contributed by atoms with E-state index in [1.54, 1.807) is 12.2 Å². The number of rotatable bonds is 5. The lowest BCUT2D eigenvalue weighted by Crippen LogP contribution is -2.61. The largest absolute Gasteiger partial charge is 0.454 e. The van der Waals surface area contributed by atoms with Crippen LogP contribution in [0.1, 0.15) is 56.3 Å². The van der Waals surface area contributed by atoms with Gasteiger partial charge in [-0.05, 0) is 74.3 Å². The summed E-state index contributed by atoms with van der Waals surface area (Å²) in [4.78, 5) is 37.4. The maximum Gasteiger partial charge on any atom is 0.338 e. The van der Waals surface area contributed by atoms with E-state index in [1.807, 2.05) is 19.9 Å². The smallest absolute Gasteiger partial charge is 0.338 e. The molecule has 4 aliphatic rings. The first-order chi connectivity index (χ1) is 17.7. The van der Waals surface area contributed by atoms with Gasteiger partial charge in [0, 0.05) is 16.7 Å². The van der Waals surface area contributed by atoms with E-state index in [0.717, 1.165) is 24.1 Å². The standard InChI is InChI=1S/C28H32O9S/c1-26-10-8-18(29)13-17(26)6-7-20-21-9-11-28(33,27(21,2)14-22(30)24(20)26)23(31)15-37-25(32)16-4-3-5-19(12-16)38(34,35)36/h3-5,8,10,12-13,20-22,24,30,33H,6-7,9,11,14-15H2,1-2H3,(H,34,35,36)/t20-,21+,22+,24+,26-,27+,28-/m0/s1. The highest BCUT2D eigenvalue weighted by Crippen LogP contribution is 2.67. The number of esters is 1. The fourth-order valence-corrected chi connectivity index (χ4v) is 8.43. The molecule has 0 heterocycles. The van der Waals surface area contributed by atoms with E-state index in [9.17, 15) is 37.6 Å². The van der Waals surface area contributed by atoms with Gasteiger partial charge < -0.3 is 14.9 Å². The van der Waals surface area contributed by atoms with Crippen molar-refractivity contribution in [1.82, 2.24) is 0 Å². The van der Waals surface area contributed by atoms with Gasteiger partial charge in [-0.2, -0.15) is 8.42 Å². The maximum atomic E-state index is 13.4. The van der Waals surface area contributed by atoms with E-state index < -0.39 is 55.9 Å². The molecule has 204 valence electrons. The number of allylic oxidation sites excluding steroid dienone is 4. The molecule has 0 spiro atoms. The molecule has 0 unspecified atom stereocenters. The van der Waals surface area contributed by atoms with E-state index in [2.05, 4.69) is 0 Å². The van der Waals surface area contributed by atoms with E-state index in [-0.39, 0.29) is 41.9 Å². The zero-order valence-electron chi connectivity index (χ0n) is 21.3. The Balaban J connectivity index is 1.34. The van der Waals surface area contributed by atoms with Crippen molar-refractivity contribution < 1.29 is 42.3 Å². The highest BCUT2D eigenvalue weighted by molar-refractivity contribution is 7.85. The number of carbonyl (C=O) groups excluding carboxylic acids is 3. The summed E-state index contributed by atoms with van der Waals surface area (Å²) in [7, 11) is -4.53. The van der Waals surface area contributed by atoms with Gasteiger partial charge in [-0.25, -0.2) is 4.79 Å². The second-order valence-electron chi connectivity index (χ2n) is 11.6. The molecule has 3 fully saturated rings. The van der Waals surface area contributed by atoms with Gasteiger partial charge in [0.15, 0.2) is 12.4 Å². The molecule has 38 heavy (non-hydrogen) atoms. The zero-order chi connectivity index (χ0) is 27.7. The van der Waals surface area contributed by atoms with Crippen molar-refractivity contribution in [2.45, 2.75) is 62.6 Å². The predicted molar refractivity (Wildman–Crippen MR) is 135 cm³/mol. The van der Waals surface area contributed by atoms with Gasteiger partial charge in [0.2, 0.25) is 5.78 Å². The number of ether oxygens (including phenoxy) is 1. The topological polar surface area (TPSA) is 155 Å². The zero-order valence-corrected chi connectivity index (χ0v) is 22.1. The molecule has 1 aromatic rings. The summed E-state index contributed by atoms with van der Waals surface area (Å²) < 4.78 is 37.1. The van der Waals surface area contributed by atoms with Gasteiger partial charge in [-0.1, -0.05) is 31.6 Å². The van der Waals surface area contributed by atoms with Gasteiger partial charge in [0.25, 0.3) is 10.1 Å². The van der Waals surface area contributed by atoms with Crippen molar-refractivity contribution >= 4 is 27.7 Å². The summed E-state index contributed by atoms with van der Waals surface area (Å²) in [6.07, 6.45) is 6.71. The fraction of sp³-hybridized carbons (Fsp3) is 0.536. The number of benzene rings is 1. The van der Waals surface area contributed by atoms with Crippen molar-refractivity contribution in [3.63, 3.8) is 0 Å². The van der Waals surface area contributed by atoms with Crippen molar-refractivity contribution in [2.24, 2.45) is 28.6 Å². The molecule has 9 nitrogen and oxygen atoms in total. The first-order valence-corrected chi connectivity index (χ1v) is 14.3. The second kappa shape index (κ2) is 8.94. The number of fused-ring (bicyclic) bond motifs is 5. The van der Waals surface area contributed by atoms with Crippen LogP contribution in [0.25, 0.3) is 0 Å². The van der Waals surface area contributed by atoms with Gasteiger partial charge >= 0.3 is 5.97 Å². The molecule has 0 bridgehead atoms. The summed E-state index contributed by atoms with van der Waals surface area (Å²) in [5.74, 6) is -1.83. The Morgan fingerprint density at radius 3 is 2.63 bits per heavy atom. The summed E-state index contributed by atoms with van der Waals surface area (Å²) in [6.45, 7) is 3.16. The Morgan fingerprint density at radius 2 is 1.92 bits per heavy atom. The first-order valence-electron chi connectivity index (χ1n) is 12.8. The van der Waals surface area contributed by atoms with Gasteiger partial charge in [0.1, 0.15) is 5.60 Å². The number of hydrogen-bond donors (Lipinski definition) is 3. The van der Waals surface area contributed by atoms with Gasteiger partial charge in [-0.3, -0.25) is 14.1 Å². The van der Waals surface area contributed by atoms with Crippen LogP contribution in [0.5, 0.6) is 0 Å². The SMILES string of the molecule is C[C@]12C=CC(=O)C=C1CC[C@@H]1[C@@H]2[C@H](O)C[C@]2(C)[C@@H]1CC[C@]2(O)C(=O)COC(=O)c1cccc(S(=O)(=O)O)c1. The van der Waals surface area contributed by atoms with Crippen molar-refractivity contribution in [1.29, 1.82) is 0 Å². The molecule has 3 saturated carbocycles. The minimum absolute atomic E-state index is 0.0382. The Labute approximate surface area is 221 Å². The normalized spacial score (nSPS) is 38.0. The lowest BCUT2D eigenvalue weighted by molar-refractivity contribution is -0.178. The van der Waals surface area contributed by atoms with E-state index in [0.29, 0.717) is 12.8 Å². The number of hydrogen-bond acceptors (Lipinski definition) is 8. The van der Waals surface area contributed by atoms with E-state index in [1.165, 1.54) is 12.1 Å². The molecule has 0 amide bonds. The summed E-state index contributed by atoms with van der Waals surface area (Å²) in [5, 5.41) is 23.2. The predicted octanol–water partition coefficient (Wildman–Crippen LogP) is 2.67. The molecule has 5 rings (SSSR count). The molecule has 3 N–H and O–H groups in total. The minimum atomic E-state index is -4.53. The molecule has 0 aliphatic heterocycles. The number of aliphatic hydroxyl groups excluding tert-OH is 1. The summed E-state index contributed by atoms with van der Waals surface area (Å²) in [6, 6.07) is 4.62. The van der Waals surface area contributed by atoms with E-state index in [4.69, 9.17) is 4.74 Å². The van der Waals surface area contributed by atoms with Crippen LogP contribution in [0.2, 0.25) is 0 Å². The minimum Gasteiger partial charge on any atom is -0.454 e. The molecule has 0 radical (unpaired) electrons. The highest BCUT2D eigenvalue weighted by Gasteiger charge is 2.68. The summed E-state index contributed by atoms with van der Waals surface area (Å²) >= 11 is 0. The molecule has 4 aliphatic carbocycles. The molecule has 1 aromatic carbocycles. The average molecular weight is 545 g/mol. The lowest BCUT2D eigenvalue weighted by atomic mass is 9.46. The van der Waals surface area contributed by atoms with Crippen LogP contribution >= 0.6 is 0 Å². The monoisotopic (exact) mass is 544 g/mol. The molecule has 0 aromatic heterocycles. The van der Waals surface area contributed by atoms with Crippen LogP contribution < -0.4 is 0 Å². The quantitative estimate of drug-likeness (QED) is 0.375. The molecule has 7 atom stereocenters. The highest BCUT2D eigenvalue weighted by atomic mass is 32.2. The molecular formula is C28H32O9S. The third-order valence-corrected chi connectivity index (χ3v) is 10.7. The second-order valence-corrected chi connectivity index (χ2v) is 13.0. The summed E-state index contributed by atoms with van der Waals surface area (Å²) in [5.41, 5.74) is -2.36. The number of ketones is 2. The van der Waals surface area contributed by atoms with E-state index >= 15 is 0 Å². The van der Waals surface area contributed by atoms with Crippen molar-refractivity contribution in [3.05, 3.63) is 53.6 Å². The van der Waals surface area contributed by atoms with Crippen LogP contribution in [-0.4, -0.2) is 59.0 Å². The Hall–Kier alpha value is -2.66. The van der Waals surface area contributed by atoms with Crippen LogP contribution in [0.4, 0.5) is 0 Å². The average Bonchev–Trinajstić information content (AvgIpc) is 3.13. The van der Waals surface area contributed by atoms with Crippen molar-refractivity contribution in [3.8, 4) is 0 Å². The molecular weight excluding hydrogens is 512 g/mol. The molecule has 0 saturated heterocycles. The van der Waals surface area contributed by atoms with Crippen LogP contribution in [-0.2, 0) is 24.4 Å². The van der Waals surface area contributed by atoms with Gasteiger partial charge in [0.05, 0.1) is 16.6 Å². The Bertz CT molecular complexity index is 1380. The van der Waals surface area contributed by atoms with Crippen LogP contribution in [0, 0.1) is 28.6 Å². The van der Waals surface area contributed by atoms with Crippen LogP contribution in [0.3, 0.4) is 0 Å².